The van der Waals surface area contributed by atoms with Gasteiger partial charge in [0.15, 0.2) is 0 Å². The second kappa shape index (κ2) is 7.30. The first-order chi connectivity index (χ1) is 13.1. The van der Waals surface area contributed by atoms with Gasteiger partial charge in [0, 0.05) is 29.1 Å². The van der Waals surface area contributed by atoms with E-state index in [2.05, 4.69) is 6.58 Å². The van der Waals surface area contributed by atoms with Crippen molar-refractivity contribution in [2.75, 3.05) is 6.61 Å². The molecule has 0 radical (unpaired) electrons. The minimum absolute atomic E-state index is 0.213. The third-order valence-corrected chi connectivity index (χ3v) is 7.16. The summed E-state index contributed by atoms with van der Waals surface area (Å²) in [6.07, 6.45) is 1.69. The molecule has 156 valence electrons. The standard InChI is InChI=1S/C22H32O6/c1-7-12(3)19(24)27-14-11-21(5)15(23)9-10-22(6,26-8-2)18(21)17-16(14)13(4)20(25)28-17/h7,14-18,23H,4,8-11H2,1-3,5-6H3. The number of rotatable bonds is 4. The maximum Gasteiger partial charge on any atom is 0.334 e. The van der Waals surface area contributed by atoms with Crippen molar-refractivity contribution >= 4 is 11.9 Å². The summed E-state index contributed by atoms with van der Waals surface area (Å²) in [6.45, 7) is 13.9. The molecule has 6 nitrogen and oxygen atoms in total. The smallest absolute Gasteiger partial charge is 0.334 e. The topological polar surface area (TPSA) is 82.1 Å². The molecule has 1 saturated heterocycles. The molecule has 7 atom stereocenters. The summed E-state index contributed by atoms with van der Waals surface area (Å²) < 4.78 is 17.7. The van der Waals surface area contributed by atoms with E-state index in [1.54, 1.807) is 19.9 Å². The number of carbonyl (C=O) groups excluding carboxylic acids is 2. The molecule has 0 aromatic rings. The summed E-state index contributed by atoms with van der Waals surface area (Å²) in [4.78, 5) is 24.9. The Bertz CT molecular complexity index is 712. The lowest BCUT2D eigenvalue weighted by Crippen LogP contribution is -2.66. The summed E-state index contributed by atoms with van der Waals surface area (Å²) in [6, 6.07) is 0. The van der Waals surface area contributed by atoms with Crippen LogP contribution in [0.15, 0.2) is 23.8 Å². The van der Waals surface area contributed by atoms with Crippen LogP contribution in [0.3, 0.4) is 0 Å². The number of allylic oxidation sites excluding steroid dienone is 1. The summed E-state index contributed by atoms with van der Waals surface area (Å²) >= 11 is 0. The molecule has 6 heteroatoms. The van der Waals surface area contributed by atoms with Crippen molar-refractivity contribution < 1.29 is 28.9 Å². The third kappa shape index (κ3) is 3.11. The zero-order valence-corrected chi connectivity index (χ0v) is 17.5. The van der Waals surface area contributed by atoms with Crippen molar-refractivity contribution in [2.45, 2.75) is 77.8 Å². The minimum Gasteiger partial charge on any atom is -0.458 e. The molecular formula is C22H32O6. The second-order valence-electron chi connectivity index (χ2n) is 8.82. The van der Waals surface area contributed by atoms with E-state index in [1.807, 2.05) is 20.8 Å². The van der Waals surface area contributed by atoms with Gasteiger partial charge in [0.05, 0.1) is 17.6 Å². The van der Waals surface area contributed by atoms with Gasteiger partial charge < -0.3 is 19.3 Å². The highest BCUT2D eigenvalue weighted by atomic mass is 16.6. The van der Waals surface area contributed by atoms with Gasteiger partial charge in [-0.25, -0.2) is 9.59 Å². The number of esters is 2. The van der Waals surface area contributed by atoms with Crippen LogP contribution in [-0.2, 0) is 23.8 Å². The van der Waals surface area contributed by atoms with Crippen LogP contribution in [0.5, 0.6) is 0 Å². The third-order valence-electron chi connectivity index (χ3n) is 7.16. The fourth-order valence-electron chi connectivity index (χ4n) is 5.63. The molecule has 0 aromatic carbocycles. The van der Waals surface area contributed by atoms with E-state index in [0.717, 1.165) is 0 Å². The van der Waals surface area contributed by atoms with E-state index in [0.29, 0.717) is 37.0 Å². The van der Waals surface area contributed by atoms with Gasteiger partial charge in [-0.2, -0.15) is 0 Å². The SMILES string of the molecule is C=C1C(=O)OC2C1C(OC(=O)C(C)=CC)CC1(C)C(O)CCC(C)(OCC)C21. The quantitative estimate of drug-likeness (QED) is 0.585. The Labute approximate surface area is 166 Å². The Morgan fingerprint density at radius 3 is 2.71 bits per heavy atom. The predicted molar refractivity (Wildman–Crippen MR) is 103 cm³/mol. The molecule has 7 unspecified atom stereocenters. The minimum atomic E-state index is -0.608. The maximum atomic E-state index is 12.5. The van der Waals surface area contributed by atoms with Crippen LogP contribution >= 0.6 is 0 Å². The van der Waals surface area contributed by atoms with E-state index in [9.17, 15) is 14.7 Å². The van der Waals surface area contributed by atoms with E-state index in [1.165, 1.54) is 0 Å². The molecule has 3 aliphatic rings. The molecule has 0 aromatic heterocycles. The summed E-state index contributed by atoms with van der Waals surface area (Å²) in [5.74, 6) is -1.51. The van der Waals surface area contributed by atoms with E-state index in [-0.39, 0.29) is 5.92 Å². The molecule has 2 saturated carbocycles. The lowest BCUT2D eigenvalue weighted by Gasteiger charge is -2.59. The van der Waals surface area contributed by atoms with Gasteiger partial charge in [0.25, 0.3) is 0 Å². The lowest BCUT2D eigenvalue weighted by molar-refractivity contribution is -0.243. The van der Waals surface area contributed by atoms with Crippen LogP contribution in [0, 0.1) is 17.3 Å². The molecule has 1 heterocycles. The molecule has 28 heavy (non-hydrogen) atoms. The van der Waals surface area contributed by atoms with Crippen LogP contribution in [0.25, 0.3) is 0 Å². The van der Waals surface area contributed by atoms with Gasteiger partial charge in [0.2, 0.25) is 0 Å². The molecule has 0 bridgehead atoms. The molecule has 1 N–H and O–H groups in total. The first-order valence-electron chi connectivity index (χ1n) is 10.1. The van der Waals surface area contributed by atoms with Gasteiger partial charge in [-0.3, -0.25) is 0 Å². The maximum absolute atomic E-state index is 12.5. The zero-order valence-electron chi connectivity index (χ0n) is 17.5. The average molecular weight is 392 g/mol. The van der Waals surface area contributed by atoms with E-state index in [4.69, 9.17) is 14.2 Å². The predicted octanol–water partition coefficient (Wildman–Crippen LogP) is 2.94. The highest BCUT2D eigenvalue weighted by Crippen LogP contribution is 2.60. The Kier molecular flexibility index (Phi) is 5.49. The number of fused-ring (bicyclic) bond motifs is 3. The molecule has 3 rings (SSSR count). The molecular weight excluding hydrogens is 360 g/mol. The van der Waals surface area contributed by atoms with Crippen molar-refractivity contribution in [3.05, 3.63) is 23.8 Å². The van der Waals surface area contributed by atoms with Gasteiger partial charge in [0.1, 0.15) is 12.2 Å². The van der Waals surface area contributed by atoms with E-state index >= 15 is 0 Å². The fraction of sp³-hybridized carbons (Fsp3) is 0.727. The fourth-order valence-corrected chi connectivity index (χ4v) is 5.63. The van der Waals surface area contributed by atoms with Gasteiger partial charge in [-0.1, -0.05) is 19.6 Å². The second-order valence-corrected chi connectivity index (χ2v) is 8.82. The Hall–Kier alpha value is -1.66. The van der Waals surface area contributed by atoms with Gasteiger partial charge >= 0.3 is 11.9 Å². The van der Waals surface area contributed by atoms with Crippen molar-refractivity contribution in [1.82, 2.24) is 0 Å². The Morgan fingerprint density at radius 1 is 1.43 bits per heavy atom. The summed E-state index contributed by atoms with van der Waals surface area (Å²) in [5, 5.41) is 11.0. The molecule has 0 spiro atoms. The largest absolute Gasteiger partial charge is 0.458 e. The van der Waals surface area contributed by atoms with Crippen LogP contribution in [0.4, 0.5) is 0 Å². The Balaban J connectivity index is 2.04. The van der Waals surface area contributed by atoms with Gasteiger partial charge in [-0.15, -0.1) is 0 Å². The highest BCUT2D eigenvalue weighted by Gasteiger charge is 2.67. The number of aliphatic hydroxyl groups is 1. The van der Waals surface area contributed by atoms with Crippen LogP contribution < -0.4 is 0 Å². The van der Waals surface area contributed by atoms with Crippen LogP contribution in [-0.4, -0.2) is 47.6 Å². The molecule has 3 fully saturated rings. The summed E-state index contributed by atoms with van der Waals surface area (Å²) in [7, 11) is 0. The first-order valence-corrected chi connectivity index (χ1v) is 10.1. The molecule has 2 aliphatic carbocycles. The molecule has 1 aliphatic heterocycles. The number of hydrogen-bond donors (Lipinski definition) is 1. The van der Waals surface area contributed by atoms with Gasteiger partial charge in [-0.05, 0) is 47.0 Å². The van der Waals surface area contributed by atoms with Crippen LogP contribution in [0.2, 0.25) is 0 Å². The first kappa shape index (κ1) is 21.1. The number of aliphatic hydroxyl groups excluding tert-OH is 1. The molecule has 0 amide bonds. The van der Waals surface area contributed by atoms with Crippen molar-refractivity contribution in [2.24, 2.45) is 17.3 Å². The highest BCUT2D eigenvalue weighted by molar-refractivity contribution is 5.91. The monoisotopic (exact) mass is 392 g/mol. The van der Waals surface area contributed by atoms with Crippen LogP contribution in [0.1, 0.15) is 53.9 Å². The number of hydrogen-bond acceptors (Lipinski definition) is 6. The van der Waals surface area contributed by atoms with Crippen molar-refractivity contribution in [3.63, 3.8) is 0 Å². The Morgan fingerprint density at radius 2 is 2.11 bits per heavy atom. The summed E-state index contributed by atoms with van der Waals surface area (Å²) in [5.41, 5.74) is -0.307. The zero-order chi connectivity index (χ0) is 20.9. The normalized spacial score (nSPS) is 43.2. The van der Waals surface area contributed by atoms with Crippen molar-refractivity contribution in [1.29, 1.82) is 0 Å². The average Bonchev–Trinajstić information content (AvgIpc) is 2.92. The lowest BCUT2D eigenvalue weighted by atomic mass is 9.50. The number of ether oxygens (including phenoxy) is 3. The van der Waals surface area contributed by atoms with Crippen molar-refractivity contribution in [3.8, 4) is 0 Å². The van der Waals surface area contributed by atoms with E-state index < -0.39 is 47.2 Å². The number of carbonyl (C=O) groups is 2.